The molecule has 1 unspecified atom stereocenters. The van der Waals surface area contributed by atoms with Crippen LogP contribution in [0.25, 0.3) is 10.9 Å². The Morgan fingerprint density at radius 1 is 1.48 bits per heavy atom. The largest absolute Gasteiger partial charge is 0.336 e. The number of nitrogens with zero attached hydrogens (tertiary/aromatic N) is 2. The molecule has 2 rings (SSSR count). The molecule has 6 nitrogen and oxygen atoms in total. The van der Waals surface area contributed by atoms with Crippen LogP contribution >= 0.6 is 12.2 Å². The Hall–Kier alpha value is -2.46. The van der Waals surface area contributed by atoms with Crippen LogP contribution in [0.2, 0.25) is 0 Å². The minimum atomic E-state index is -0.519. The van der Waals surface area contributed by atoms with Gasteiger partial charge in [-0.05, 0) is 43.8 Å². The van der Waals surface area contributed by atoms with Crippen LogP contribution in [-0.2, 0) is 6.54 Å². The predicted octanol–water partition coefficient (Wildman–Crippen LogP) is 2.50. The van der Waals surface area contributed by atoms with E-state index in [0.717, 1.165) is 6.42 Å². The van der Waals surface area contributed by atoms with Gasteiger partial charge in [-0.25, -0.2) is 0 Å². The van der Waals surface area contributed by atoms with Crippen molar-refractivity contribution in [3.8, 4) is 6.07 Å². The third-order valence-electron chi connectivity index (χ3n) is 3.60. The highest BCUT2D eigenvalue weighted by Gasteiger charge is 2.14. The fourth-order valence-electron chi connectivity index (χ4n) is 2.38. The number of aromatic nitrogens is 2. The monoisotopic (exact) mass is 330 g/mol. The number of hydrogen-bond donors (Lipinski definition) is 2. The molecule has 0 bridgehead atoms. The van der Waals surface area contributed by atoms with Crippen LogP contribution in [-0.4, -0.2) is 21.5 Å². The molecule has 0 saturated carbocycles. The lowest BCUT2D eigenvalue weighted by atomic mass is 10.1. The van der Waals surface area contributed by atoms with Gasteiger partial charge in [-0.2, -0.15) is 5.26 Å². The van der Waals surface area contributed by atoms with Gasteiger partial charge >= 0.3 is 0 Å². The van der Waals surface area contributed by atoms with E-state index in [1.165, 1.54) is 4.57 Å². The molecule has 0 radical (unpaired) electrons. The minimum Gasteiger partial charge on any atom is -0.336 e. The fourth-order valence-corrected chi connectivity index (χ4v) is 2.70. The van der Waals surface area contributed by atoms with Gasteiger partial charge in [0.1, 0.15) is 6.04 Å². The molecule has 1 amide bonds. The van der Waals surface area contributed by atoms with Gasteiger partial charge in [0.25, 0.3) is 11.5 Å². The number of nitrogens with one attached hydrogen (secondary N) is 2. The summed E-state index contributed by atoms with van der Waals surface area (Å²) in [6, 6.07) is 6.31. The van der Waals surface area contributed by atoms with E-state index in [-0.39, 0.29) is 11.5 Å². The maximum Gasteiger partial charge on any atom is 0.262 e. The normalized spacial score (nSPS) is 11.9. The highest BCUT2D eigenvalue weighted by atomic mass is 32.1. The second-order valence-electron chi connectivity index (χ2n) is 5.18. The standard InChI is InChI=1S/C16H18N4O2S/c1-3-5-11(9-17)18-14(21)10-6-7-12-13(8-10)19-16(23)20(4-2)15(12)22/h6-8,11H,3-5H2,1-2H3,(H,18,21)(H,19,23). The highest BCUT2D eigenvalue weighted by molar-refractivity contribution is 7.71. The lowest BCUT2D eigenvalue weighted by Crippen LogP contribution is -2.33. The Morgan fingerprint density at radius 2 is 2.22 bits per heavy atom. The highest BCUT2D eigenvalue weighted by Crippen LogP contribution is 2.11. The molecule has 23 heavy (non-hydrogen) atoms. The number of aromatic amines is 1. The van der Waals surface area contributed by atoms with Crippen molar-refractivity contribution < 1.29 is 4.79 Å². The Kier molecular flexibility index (Phi) is 5.29. The third kappa shape index (κ3) is 3.48. The number of fused-ring (bicyclic) bond motifs is 1. The quantitative estimate of drug-likeness (QED) is 0.824. The molecule has 1 aromatic carbocycles. The molecule has 1 atom stereocenters. The topological polar surface area (TPSA) is 90.7 Å². The first-order valence-electron chi connectivity index (χ1n) is 7.49. The van der Waals surface area contributed by atoms with Crippen LogP contribution in [0.3, 0.4) is 0 Å². The summed E-state index contributed by atoms with van der Waals surface area (Å²) in [6.07, 6.45) is 1.40. The first kappa shape index (κ1) is 16.9. The molecule has 0 aliphatic carbocycles. The second kappa shape index (κ2) is 7.20. The molecule has 120 valence electrons. The van der Waals surface area contributed by atoms with Crippen molar-refractivity contribution in [2.45, 2.75) is 39.3 Å². The van der Waals surface area contributed by atoms with Crippen molar-refractivity contribution >= 4 is 29.0 Å². The van der Waals surface area contributed by atoms with E-state index in [0.29, 0.717) is 34.2 Å². The van der Waals surface area contributed by atoms with Crippen LogP contribution in [0, 0.1) is 16.1 Å². The van der Waals surface area contributed by atoms with Crippen molar-refractivity contribution in [3.05, 3.63) is 38.9 Å². The van der Waals surface area contributed by atoms with Gasteiger partial charge in [0, 0.05) is 12.1 Å². The van der Waals surface area contributed by atoms with E-state index in [2.05, 4.69) is 16.4 Å². The molecular formula is C16H18N4O2S. The van der Waals surface area contributed by atoms with Gasteiger partial charge in [-0.1, -0.05) is 13.3 Å². The van der Waals surface area contributed by atoms with E-state index >= 15 is 0 Å². The maximum absolute atomic E-state index is 12.3. The van der Waals surface area contributed by atoms with Crippen molar-refractivity contribution in [2.24, 2.45) is 0 Å². The minimum absolute atomic E-state index is 0.181. The summed E-state index contributed by atoms with van der Waals surface area (Å²) >= 11 is 5.16. The van der Waals surface area contributed by atoms with Crippen molar-refractivity contribution in [1.82, 2.24) is 14.9 Å². The van der Waals surface area contributed by atoms with Crippen LogP contribution < -0.4 is 10.9 Å². The molecular weight excluding hydrogens is 312 g/mol. The SMILES string of the molecule is CCCC(C#N)NC(=O)c1ccc2c(=O)n(CC)c(=S)[nH]c2c1. The molecule has 1 heterocycles. The molecule has 1 aromatic heterocycles. The summed E-state index contributed by atoms with van der Waals surface area (Å²) in [6.45, 7) is 4.27. The van der Waals surface area contributed by atoms with E-state index in [4.69, 9.17) is 17.5 Å². The van der Waals surface area contributed by atoms with Gasteiger partial charge in [-0.15, -0.1) is 0 Å². The molecule has 7 heteroatoms. The molecule has 2 aromatic rings. The van der Waals surface area contributed by atoms with E-state index in [1.54, 1.807) is 18.2 Å². The Bertz CT molecular complexity index is 892. The summed E-state index contributed by atoms with van der Waals surface area (Å²) in [4.78, 5) is 27.5. The maximum atomic E-state index is 12.3. The van der Waals surface area contributed by atoms with Crippen molar-refractivity contribution in [3.63, 3.8) is 0 Å². The summed E-state index contributed by atoms with van der Waals surface area (Å²) in [7, 11) is 0. The Balaban J connectivity index is 2.41. The van der Waals surface area contributed by atoms with Gasteiger partial charge in [0.15, 0.2) is 4.77 Å². The number of H-pyrrole nitrogens is 1. The number of carbonyl (C=O) groups is 1. The van der Waals surface area contributed by atoms with Gasteiger partial charge in [-0.3, -0.25) is 14.2 Å². The predicted molar refractivity (Wildman–Crippen MR) is 90.8 cm³/mol. The van der Waals surface area contributed by atoms with Gasteiger partial charge in [0.2, 0.25) is 0 Å². The van der Waals surface area contributed by atoms with Crippen LogP contribution in [0.4, 0.5) is 0 Å². The average Bonchev–Trinajstić information content (AvgIpc) is 2.54. The molecule has 0 saturated heterocycles. The number of amides is 1. The van der Waals surface area contributed by atoms with Crippen LogP contribution in [0.15, 0.2) is 23.0 Å². The second-order valence-corrected chi connectivity index (χ2v) is 5.57. The number of nitriles is 1. The number of rotatable bonds is 5. The molecule has 0 spiro atoms. The molecule has 0 fully saturated rings. The van der Waals surface area contributed by atoms with E-state index < -0.39 is 6.04 Å². The lowest BCUT2D eigenvalue weighted by molar-refractivity contribution is 0.0944. The zero-order valence-electron chi connectivity index (χ0n) is 13.0. The third-order valence-corrected chi connectivity index (χ3v) is 3.92. The Morgan fingerprint density at radius 3 is 2.83 bits per heavy atom. The molecule has 0 aliphatic heterocycles. The smallest absolute Gasteiger partial charge is 0.262 e. The van der Waals surface area contributed by atoms with Crippen LogP contribution in [0.1, 0.15) is 37.0 Å². The first-order valence-corrected chi connectivity index (χ1v) is 7.90. The fraction of sp³-hybridized carbons (Fsp3) is 0.375. The summed E-state index contributed by atoms with van der Waals surface area (Å²) in [5, 5.41) is 12.2. The summed E-state index contributed by atoms with van der Waals surface area (Å²) in [5.74, 6) is -0.342. The molecule has 2 N–H and O–H groups in total. The number of carbonyl (C=O) groups excluding carboxylic acids is 1. The first-order chi connectivity index (χ1) is 11.0. The zero-order valence-corrected chi connectivity index (χ0v) is 13.9. The summed E-state index contributed by atoms with van der Waals surface area (Å²) < 4.78 is 1.79. The van der Waals surface area contributed by atoms with Crippen LogP contribution in [0.5, 0.6) is 0 Å². The van der Waals surface area contributed by atoms with Crippen molar-refractivity contribution in [1.29, 1.82) is 5.26 Å². The van der Waals surface area contributed by atoms with E-state index in [9.17, 15) is 9.59 Å². The van der Waals surface area contributed by atoms with Gasteiger partial charge < -0.3 is 10.3 Å². The number of benzene rings is 1. The zero-order chi connectivity index (χ0) is 17.0. The molecule has 0 aliphatic rings. The number of hydrogen-bond acceptors (Lipinski definition) is 4. The Labute approximate surface area is 138 Å². The van der Waals surface area contributed by atoms with Gasteiger partial charge in [0.05, 0.1) is 17.0 Å². The van der Waals surface area contributed by atoms with E-state index in [1.807, 2.05) is 13.8 Å². The van der Waals surface area contributed by atoms with Crippen molar-refractivity contribution in [2.75, 3.05) is 0 Å². The lowest BCUT2D eigenvalue weighted by Gasteiger charge is -2.11. The average molecular weight is 330 g/mol. The summed E-state index contributed by atoms with van der Waals surface area (Å²) in [5.41, 5.74) is 0.716.